The van der Waals surface area contributed by atoms with Crippen LogP contribution in [0.2, 0.25) is 5.02 Å². The Morgan fingerprint density at radius 1 is 1.12 bits per heavy atom. The maximum atomic E-state index is 6.36. The maximum Gasteiger partial charge on any atom is 0.247 e. The van der Waals surface area contributed by atoms with Crippen molar-refractivity contribution in [2.45, 2.75) is 33.1 Å². The number of hydrogen-bond acceptors (Lipinski definition) is 6. The van der Waals surface area contributed by atoms with Crippen LogP contribution in [-0.2, 0) is 17.9 Å². The molecule has 6 rings (SSSR count). The summed E-state index contributed by atoms with van der Waals surface area (Å²) < 4.78 is 15.8. The van der Waals surface area contributed by atoms with Crippen LogP contribution in [0.5, 0.6) is 0 Å². The molecule has 0 unspecified atom stereocenters. The average Bonchev–Trinajstić information content (AvgIpc) is 3.56. The molecule has 1 aliphatic heterocycles. The summed E-state index contributed by atoms with van der Waals surface area (Å²) >= 11 is 6.36. The van der Waals surface area contributed by atoms with Gasteiger partial charge in [0.15, 0.2) is 11.6 Å². The molecule has 34 heavy (non-hydrogen) atoms. The molecule has 170 valence electrons. The van der Waals surface area contributed by atoms with Crippen LogP contribution in [0.3, 0.4) is 0 Å². The number of hydrogen-bond donors (Lipinski definition) is 0. The van der Waals surface area contributed by atoms with Crippen LogP contribution < -0.4 is 0 Å². The quantitative estimate of drug-likeness (QED) is 0.334. The van der Waals surface area contributed by atoms with Crippen molar-refractivity contribution in [2.24, 2.45) is 0 Å². The molecule has 1 aliphatic rings. The zero-order chi connectivity index (χ0) is 23.2. The number of halogens is 1. The Bertz CT molecular complexity index is 1480. The van der Waals surface area contributed by atoms with Gasteiger partial charge in [0.25, 0.3) is 0 Å². The summed E-state index contributed by atoms with van der Waals surface area (Å²) in [5.41, 5.74) is 5.10. The van der Waals surface area contributed by atoms with E-state index in [2.05, 4.69) is 15.2 Å². The lowest BCUT2D eigenvalue weighted by molar-refractivity contribution is 0.0595. The maximum absolute atomic E-state index is 6.36. The average molecular weight is 473 g/mol. The van der Waals surface area contributed by atoms with E-state index >= 15 is 0 Å². The van der Waals surface area contributed by atoms with E-state index in [0.717, 1.165) is 39.9 Å². The largest absolute Gasteiger partial charge is 0.443 e. The van der Waals surface area contributed by atoms with E-state index in [1.807, 2.05) is 71.5 Å². The third-order valence-corrected chi connectivity index (χ3v) is 6.02. The van der Waals surface area contributed by atoms with Gasteiger partial charge >= 0.3 is 0 Å². The first-order valence-corrected chi connectivity index (χ1v) is 11.4. The van der Waals surface area contributed by atoms with E-state index in [4.69, 9.17) is 25.7 Å². The third-order valence-electron chi connectivity index (χ3n) is 5.78. The molecule has 0 spiro atoms. The Morgan fingerprint density at radius 3 is 2.79 bits per heavy atom. The zero-order valence-corrected chi connectivity index (χ0v) is 19.4. The van der Waals surface area contributed by atoms with E-state index < -0.39 is 0 Å². The first kappa shape index (κ1) is 20.8. The van der Waals surface area contributed by atoms with Crippen molar-refractivity contribution in [1.82, 2.24) is 29.3 Å². The Labute approximate surface area is 200 Å². The van der Waals surface area contributed by atoms with Gasteiger partial charge in [0.2, 0.25) is 5.89 Å². The highest BCUT2D eigenvalue weighted by Crippen LogP contribution is 2.36. The molecule has 0 atom stereocenters. The molecular weight excluding hydrogens is 452 g/mol. The highest BCUT2D eigenvalue weighted by Gasteiger charge is 2.28. The number of fused-ring (bicyclic) bond motifs is 5. The number of nitrogens with zero attached hydrogens (tertiary/aromatic N) is 6. The lowest BCUT2D eigenvalue weighted by Crippen LogP contribution is -2.11. The first-order chi connectivity index (χ1) is 16.6. The predicted molar refractivity (Wildman–Crippen MR) is 128 cm³/mol. The molecule has 0 bridgehead atoms. The standard InChI is InChI=1S/C25H21ClN6O2/c1-15(2)33-13-22-29-30-24-18-10-17(26)8-9-20(18)32-14-27-23(21(32)11-31(22)24)25-28-19(12-34-25)16-6-4-3-5-7-16/h3-10,12,14-15H,11,13H2,1-2H3. The van der Waals surface area contributed by atoms with Crippen molar-refractivity contribution in [3.8, 4) is 39.9 Å². The highest BCUT2D eigenvalue weighted by atomic mass is 35.5. The SMILES string of the molecule is CC(C)OCc1nnc2n1Cc1c(-c3nc(-c4ccccc4)co3)ncn1-c1ccc(Cl)cc1-2. The van der Waals surface area contributed by atoms with Gasteiger partial charge in [0.1, 0.15) is 30.6 Å². The molecular formula is C25H21ClN6O2. The molecule has 4 heterocycles. The van der Waals surface area contributed by atoms with Gasteiger partial charge in [-0.05, 0) is 32.0 Å². The molecule has 2 aromatic carbocycles. The second kappa shape index (κ2) is 8.23. The van der Waals surface area contributed by atoms with Crippen LogP contribution in [0.25, 0.3) is 39.9 Å². The minimum absolute atomic E-state index is 0.0743. The number of aromatic nitrogens is 6. The number of imidazole rings is 1. The molecule has 0 saturated carbocycles. The molecule has 0 fully saturated rings. The van der Waals surface area contributed by atoms with Crippen molar-refractivity contribution in [1.29, 1.82) is 0 Å². The summed E-state index contributed by atoms with van der Waals surface area (Å²) in [6.45, 7) is 4.81. The van der Waals surface area contributed by atoms with Crippen LogP contribution in [0.4, 0.5) is 0 Å². The fourth-order valence-corrected chi connectivity index (χ4v) is 4.30. The Morgan fingerprint density at radius 2 is 1.97 bits per heavy atom. The first-order valence-electron chi connectivity index (χ1n) is 11.0. The molecule has 0 amide bonds. The normalized spacial score (nSPS) is 12.4. The van der Waals surface area contributed by atoms with Crippen LogP contribution in [-0.4, -0.2) is 35.4 Å². The minimum atomic E-state index is 0.0743. The van der Waals surface area contributed by atoms with Gasteiger partial charge in [0, 0.05) is 16.1 Å². The Balaban J connectivity index is 1.49. The summed E-state index contributed by atoms with van der Waals surface area (Å²) in [5.74, 6) is 1.92. The van der Waals surface area contributed by atoms with Gasteiger partial charge in [-0.25, -0.2) is 9.97 Å². The lowest BCUT2D eigenvalue weighted by Gasteiger charge is -2.10. The molecule has 8 nitrogen and oxygen atoms in total. The van der Waals surface area contributed by atoms with Gasteiger partial charge in [-0.1, -0.05) is 41.9 Å². The Hall–Kier alpha value is -3.75. The number of ether oxygens (including phenoxy) is 1. The second-order valence-electron chi connectivity index (χ2n) is 8.36. The van der Waals surface area contributed by atoms with Crippen LogP contribution in [0.15, 0.2) is 65.5 Å². The molecule has 9 heteroatoms. The highest BCUT2D eigenvalue weighted by molar-refractivity contribution is 6.31. The van der Waals surface area contributed by atoms with E-state index in [0.29, 0.717) is 29.8 Å². The molecule has 0 saturated heterocycles. The van der Waals surface area contributed by atoms with Crippen LogP contribution in [0.1, 0.15) is 25.4 Å². The number of rotatable bonds is 5. The smallest absolute Gasteiger partial charge is 0.247 e. The van der Waals surface area contributed by atoms with Crippen LogP contribution in [0, 0.1) is 0 Å². The fourth-order valence-electron chi connectivity index (χ4n) is 4.13. The van der Waals surface area contributed by atoms with E-state index in [1.54, 1.807) is 12.6 Å². The summed E-state index contributed by atoms with van der Waals surface area (Å²) in [6.07, 6.45) is 3.52. The van der Waals surface area contributed by atoms with E-state index in [9.17, 15) is 0 Å². The van der Waals surface area contributed by atoms with Gasteiger partial charge in [-0.15, -0.1) is 10.2 Å². The monoisotopic (exact) mass is 472 g/mol. The topological polar surface area (TPSA) is 83.8 Å². The summed E-state index contributed by atoms with van der Waals surface area (Å²) in [5, 5.41) is 9.53. The summed E-state index contributed by atoms with van der Waals surface area (Å²) in [4.78, 5) is 9.42. The van der Waals surface area contributed by atoms with Gasteiger partial charge in [0.05, 0.1) is 24.0 Å². The Kier molecular flexibility index (Phi) is 5.04. The zero-order valence-electron chi connectivity index (χ0n) is 18.6. The molecule has 0 aliphatic carbocycles. The molecule has 0 N–H and O–H groups in total. The number of oxazole rings is 1. The van der Waals surface area contributed by atoms with Crippen molar-refractivity contribution in [2.75, 3.05) is 0 Å². The predicted octanol–water partition coefficient (Wildman–Crippen LogP) is 5.39. The van der Waals surface area contributed by atoms with Crippen LogP contribution >= 0.6 is 11.6 Å². The van der Waals surface area contributed by atoms with Gasteiger partial charge < -0.3 is 13.7 Å². The van der Waals surface area contributed by atoms with Crippen molar-refractivity contribution >= 4 is 11.6 Å². The van der Waals surface area contributed by atoms with Crippen molar-refractivity contribution in [3.05, 3.63) is 77.7 Å². The van der Waals surface area contributed by atoms with Crippen molar-refractivity contribution < 1.29 is 9.15 Å². The van der Waals surface area contributed by atoms with Gasteiger partial charge in [-0.2, -0.15) is 0 Å². The van der Waals surface area contributed by atoms with E-state index in [-0.39, 0.29) is 6.10 Å². The fraction of sp³-hybridized carbons (Fsp3) is 0.200. The minimum Gasteiger partial charge on any atom is -0.443 e. The second-order valence-corrected chi connectivity index (χ2v) is 8.80. The molecule has 3 aromatic heterocycles. The number of benzene rings is 2. The van der Waals surface area contributed by atoms with Crippen molar-refractivity contribution in [3.63, 3.8) is 0 Å². The lowest BCUT2D eigenvalue weighted by atomic mass is 10.1. The summed E-state index contributed by atoms with van der Waals surface area (Å²) in [6, 6.07) is 15.6. The van der Waals surface area contributed by atoms with Gasteiger partial charge in [-0.3, -0.25) is 4.57 Å². The third kappa shape index (κ3) is 3.52. The summed E-state index contributed by atoms with van der Waals surface area (Å²) in [7, 11) is 0. The molecule has 5 aromatic rings. The molecule has 0 radical (unpaired) electrons. The van der Waals surface area contributed by atoms with E-state index in [1.165, 1.54) is 0 Å².